The Morgan fingerprint density at radius 2 is 2.15 bits per heavy atom. The Balaban J connectivity index is 2.34. The molecular formula is C11H10N2. The SMILES string of the molecule is C=C(c1ccccn1)c1ccc[nH]1. The molecule has 0 aliphatic heterocycles. The smallest absolute Gasteiger partial charge is 0.0716 e. The molecule has 64 valence electrons. The van der Waals surface area contributed by atoms with Gasteiger partial charge in [-0.15, -0.1) is 0 Å². The molecule has 2 heteroatoms. The Labute approximate surface area is 77.0 Å². The van der Waals surface area contributed by atoms with Crippen LogP contribution in [-0.4, -0.2) is 9.97 Å². The zero-order valence-electron chi connectivity index (χ0n) is 7.20. The van der Waals surface area contributed by atoms with Crippen molar-refractivity contribution in [2.75, 3.05) is 0 Å². The molecule has 0 saturated carbocycles. The molecule has 2 aromatic heterocycles. The second-order valence-corrected chi connectivity index (χ2v) is 2.78. The third-order valence-corrected chi connectivity index (χ3v) is 1.90. The molecule has 0 unspecified atom stereocenters. The molecule has 0 spiro atoms. The van der Waals surface area contributed by atoms with Gasteiger partial charge in [0.2, 0.25) is 0 Å². The minimum Gasteiger partial charge on any atom is -0.361 e. The van der Waals surface area contributed by atoms with Crippen molar-refractivity contribution < 1.29 is 0 Å². The van der Waals surface area contributed by atoms with Crippen molar-refractivity contribution in [1.29, 1.82) is 0 Å². The fourth-order valence-corrected chi connectivity index (χ4v) is 1.20. The van der Waals surface area contributed by atoms with E-state index in [1.54, 1.807) is 6.20 Å². The van der Waals surface area contributed by atoms with Gasteiger partial charge in [0.1, 0.15) is 0 Å². The van der Waals surface area contributed by atoms with E-state index in [-0.39, 0.29) is 0 Å². The maximum atomic E-state index is 4.22. The van der Waals surface area contributed by atoms with Crippen LogP contribution in [-0.2, 0) is 0 Å². The normalized spacial score (nSPS) is 9.85. The van der Waals surface area contributed by atoms with Gasteiger partial charge < -0.3 is 4.98 Å². The van der Waals surface area contributed by atoms with Crippen LogP contribution in [0.4, 0.5) is 0 Å². The first-order chi connectivity index (χ1) is 6.38. The van der Waals surface area contributed by atoms with Crippen molar-refractivity contribution in [2.24, 2.45) is 0 Å². The van der Waals surface area contributed by atoms with E-state index in [4.69, 9.17) is 0 Å². The summed E-state index contributed by atoms with van der Waals surface area (Å²) in [6.07, 6.45) is 3.65. The quantitative estimate of drug-likeness (QED) is 0.736. The van der Waals surface area contributed by atoms with Crippen molar-refractivity contribution in [3.05, 3.63) is 60.7 Å². The molecule has 2 heterocycles. The number of aromatic nitrogens is 2. The Kier molecular flexibility index (Phi) is 1.96. The second-order valence-electron chi connectivity index (χ2n) is 2.78. The molecule has 0 saturated heterocycles. The first-order valence-corrected chi connectivity index (χ1v) is 4.12. The highest BCUT2D eigenvalue weighted by atomic mass is 14.7. The number of aromatic amines is 1. The standard InChI is InChI=1S/C11H10N2/c1-9(11-6-4-8-13-11)10-5-2-3-7-12-10/h2-8,13H,1H2. The highest BCUT2D eigenvalue weighted by Gasteiger charge is 2.01. The Bertz CT molecular complexity index is 387. The predicted molar refractivity (Wildman–Crippen MR) is 53.2 cm³/mol. The fourth-order valence-electron chi connectivity index (χ4n) is 1.20. The molecular weight excluding hydrogens is 160 g/mol. The van der Waals surface area contributed by atoms with Crippen LogP contribution in [0, 0.1) is 0 Å². The number of nitrogens with one attached hydrogen (secondary N) is 1. The van der Waals surface area contributed by atoms with Gasteiger partial charge in [0.15, 0.2) is 0 Å². The second kappa shape index (κ2) is 3.27. The molecule has 2 nitrogen and oxygen atoms in total. The Morgan fingerprint density at radius 1 is 1.23 bits per heavy atom. The van der Waals surface area contributed by atoms with Crippen molar-refractivity contribution in [2.45, 2.75) is 0 Å². The lowest BCUT2D eigenvalue weighted by Gasteiger charge is -2.00. The number of pyridine rings is 1. The van der Waals surface area contributed by atoms with E-state index in [1.807, 2.05) is 36.5 Å². The predicted octanol–water partition coefficient (Wildman–Crippen LogP) is 2.47. The largest absolute Gasteiger partial charge is 0.361 e. The van der Waals surface area contributed by atoms with Gasteiger partial charge in [0.25, 0.3) is 0 Å². The summed E-state index contributed by atoms with van der Waals surface area (Å²) in [7, 11) is 0. The average Bonchev–Trinajstić information content (AvgIpc) is 2.71. The van der Waals surface area contributed by atoms with Crippen LogP contribution in [0.5, 0.6) is 0 Å². The van der Waals surface area contributed by atoms with Gasteiger partial charge in [-0.2, -0.15) is 0 Å². The molecule has 0 bridgehead atoms. The van der Waals surface area contributed by atoms with E-state index < -0.39 is 0 Å². The molecule has 13 heavy (non-hydrogen) atoms. The topological polar surface area (TPSA) is 28.7 Å². The highest BCUT2D eigenvalue weighted by Crippen LogP contribution is 2.16. The molecule has 0 aliphatic rings. The van der Waals surface area contributed by atoms with E-state index in [9.17, 15) is 0 Å². The van der Waals surface area contributed by atoms with Gasteiger partial charge in [-0.25, -0.2) is 0 Å². The van der Waals surface area contributed by atoms with Crippen LogP contribution in [0.15, 0.2) is 49.3 Å². The molecule has 2 aromatic rings. The van der Waals surface area contributed by atoms with E-state index in [0.29, 0.717) is 0 Å². The molecule has 0 aliphatic carbocycles. The van der Waals surface area contributed by atoms with Gasteiger partial charge >= 0.3 is 0 Å². The van der Waals surface area contributed by atoms with E-state index in [1.165, 1.54) is 0 Å². The highest BCUT2D eigenvalue weighted by molar-refractivity contribution is 5.73. The van der Waals surface area contributed by atoms with Gasteiger partial charge in [-0.1, -0.05) is 12.6 Å². The zero-order valence-corrected chi connectivity index (χ0v) is 7.20. The lowest BCUT2D eigenvalue weighted by molar-refractivity contribution is 1.25. The van der Waals surface area contributed by atoms with Crippen molar-refractivity contribution in [1.82, 2.24) is 9.97 Å². The summed E-state index contributed by atoms with van der Waals surface area (Å²) in [5.74, 6) is 0. The van der Waals surface area contributed by atoms with Crippen molar-refractivity contribution >= 4 is 5.57 Å². The van der Waals surface area contributed by atoms with Crippen molar-refractivity contribution in [3.8, 4) is 0 Å². The molecule has 1 N–H and O–H groups in total. The number of nitrogens with zero attached hydrogens (tertiary/aromatic N) is 1. The first kappa shape index (κ1) is 7.80. The van der Waals surface area contributed by atoms with Crippen LogP contribution >= 0.6 is 0 Å². The molecule has 0 radical (unpaired) electrons. The lowest BCUT2D eigenvalue weighted by atomic mass is 10.1. The minimum atomic E-state index is 0.907. The lowest BCUT2D eigenvalue weighted by Crippen LogP contribution is -1.88. The van der Waals surface area contributed by atoms with Crippen LogP contribution in [0.1, 0.15) is 11.4 Å². The fraction of sp³-hybridized carbons (Fsp3) is 0. The molecule has 0 atom stereocenters. The summed E-state index contributed by atoms with van der Waals surface area (Å²) in [5, 5.41) is 0. The molecule has 2 rings (SSSR count). The number of rotatable bonds is 2. The summed E-state index contributed by atoms with van der Waals surface area (Å²) in [4.78, 5) is 7.31. The average molecular weight is 170 g/mol. The summed E-state index contributed by atoms with van der Waals surface area (Å²) in [6.45, 7) is 3.97. The van der Waals surface area contributed by atoms with Crippen LogP contribution in [0.3, 0.4) is 0 Å². The van der Waals surface area contributed by atoms with E-state index >= 15 is 0 Å². The minimum absolute atomic E-state index is 0.907. The van der Waals surface area contributed by atoms with E-state index in [2.05, 4.69) is 16.5 Å². The van der Waals surface area contributed by atoms with Gasteiger partial charge in [0, 0.05) is 23.7 Å². The third-order valence-electron chi connectivity index (χ3n) is 1.90. The summed E-state index contributed by atoms with van der Waals surface area (Å²) >= 11 is 0. The van der Waals surface area contributed by atoms with Crippen LogP contribution in [0.25, 0.3) is 5.57 Å². The van der Waals surface area contributed by atoms with Crippen molar-refractivity contribution in [3.63, 3.8) is 0 Å². The molecule has 0 amide bonds. The summed E-state index contributed by atoms with van der Waals surface area (Å²) < 4.78 is 0. The van der Waals surface area contributed by atoms with Gasteiger partial charge in [-0.05, 0) is 24.3 Å². The zero-order chi connectivity index (χ0) is 9.10. The first-order valence-electron chi connectivity index (χ1n) is 4.12. The maximum absolute atomic E-state index is 4.22. The Hall–Kier alpha value is -1.83. The number of H-pyrrole nitrogens is 1. The molecule has 0 fully saturated rings. The van der Waals surface area contributed by atoms with Crippen LogP contribution in [0.2, 0.25) is 0 Å². The number of hydrogen-bond acceptors (Lipinski definition) is 1. The monoisotopic (exact) mass is 170 g/mol. The third kappa shape index (κ3) is 1.51. The van der Waals surface area contributed by atoms with Gasteiger partial charge in [-0.3, -0.25) is 4.98 Å². The summed E-state index contributed by atoms with van der Waals surface area (Å²) in [5.41, 5.74) is 2.84. The van der Waals surface area contributed by atoms with E-state index in [0.717, 1.165) is 17.0 Å². The molecule has 0 aromatic carbocycles. The maximum Gasteiger partial charge on any atom is 0.0716 e. The Morgan fingerprint density at radius 3 is 2.77 bits per heavy atom. The number of hydrogen-bond donors (Lipinski definition) is 1. The van der Waals surface area contributed by atoms with Crippen LogP contribution < -0.4 is 0 Å². The summed E-state index contributed by atoms with van der Waals surface area (Å²) in [6, 6.07) is 9.73. The van der Waals surface area contributed by atoms with Gasteiger partial charge in [0.05, 0.1) is 5.69 Å².